The third-order valence-electron chi connectivity index (χ3n) is 3.95. The van der Waals surface area contributed by atoms with Crippen molar-refractivity contribution in [3.8, 4) is 11.4 Å². The van der Waals surface area contributed by atoms with Gasteiger partial charge in [0.05, 0.1) is 12.0 Å². The standard InChI is InChI=1S/C15H17N3O3/c1-10(18-8-7-12(9-18)15(19)20)14-16-13(17-21-14)11-5-3-2-4-6-11/h2-6,10,12H,7-9H2,1H3,(H,19,20). The monoisotopic (exact) mass is 287 g/mol. The van der Waals surface area contributed by atoms with Gasteiger partial charge in [-0.1, -0.05) is 35.5 Å². The minimum absolute atomic E-state index is 0.0701. The average molecular weight is 287 g/mol. The topological polar surface area (TPSA) is 79.5 Å². The van der Waals surface area contributed by atoms with E-state index in [2.05, 4.69) is 15.0 Å². The van der Waals surface area contributed by atoms with Crippen LogP contribution in [0.2, 0.25) is 0 Å². The van der Waals surface area contributed by atoms with E-state index >= 15 is 0 Å². The fraction of sp³-hybridized carbons (Fsp3) is 0.400. The number of aromatic nitrogens is 2. The molecule has 1 aromatic carbocycles. The summed E-state index contributed by atoms with van der Waals surface area (Å²) in [4.78, 5) is 17.5. The van der Waals surface area contributed by atoms with Crippen molar-refractivity contribution in [2.75, 3.05) is 13.1 Å². The number of carbonyl (C=O) groups is 1. The zero-order chi connectivity index (χ0) is 14.8. The van der Waals surface area contributed by atoms with E-state index in [4.69, 9.17) is 9.63 Å². The van der Waals surface area contributed by atoms with Crippen molar-refractivity contribution in [3.05, 3.63) is 36.2 Å². The highest BCUT2D eigenvalue weighted by Crippen LogP contribution is 2.27. The number of carboxylic acid groups (broad SMARTS) is 1. The molecule has 1 aromatic heterocycles. The highest BCUT2D eigenvalue weighted by atomic mass is 16.5. The van der Waals surface area contributed by atoms with Crippen LogP contribution in [0.4, 0.5) is 0 Å². The highest BCUT2D eigenvalue weighted by molar-refractivity contribution is 5.70. The minimum Gasteiger partial charge on any atom is -0.481 e. The van der Waals surface area contributed by atoms with E-state index < -0.39 is 5.97 Å². The molecule has 0 aliphatic carbocycles. The Morgan fingerprint density at radius 2 is 2.19 bits per heavy atom. The molecule has 0 radical (unpaired) electrons. The summed E-state index contributed by atoms with van der Waals surface area (Å²) in [6.45, 7) is 3.23. The molecule has 0 saturated carbocycles. The third-order valence-corrected chi connectivity index (χ3v) is 3.95. The van der Waals surface area contributed by atoms with Crippen LogP contribution in [0.15, 0.2) is 34.9 Å². The SMILES string of the molecule is CC(c1nc(-c2ccccc2)no1)N1CCC(C(=O)O)C1. The van der Waals surface area contributed by atoms with E-state index in [0.717, 1.165) is 12.1 Å². The molecule has 21 heavy (non-hydrogen) atoms. The van der Waals surface area contributed by atoms with Gasteiger partial charge in [-0.15, -0.1) is 0 Å². The van der Waals surface area contributed by atoms with Crippen LogP contribution < -0.4 is 0 Å². The number of nitrogens with zero attached hydrogens (tertiary/aromatic N) is 3. The maximum atomic E-state index is 11.0. The van der Waals surface area contributed by atoms with Gasteiger partial charge in [0, 0.05) is 12.1 Å². The summed E-state index contributed by atoms with van der Waals surface area (Å²) < 4.78 is 5.34. The van der Waals surface area contributed by atoms with E-state index in [1.807, 2.05) is 37.3 Å². The summed E-state index contributed by atoms with van der Waals surface area (Å²) in [7, 11) is 0. The summed E-state index contributed by atoms with van der Waals surface area (Å²) in [5.41, 5.74) is 0.907. The van der Waals surface area contributed by atoms with Crippen LogP contribution in [-0.2, 0) is 4.79 Å². The van der Waals surface area contributed by atoms with Gasteiger partial charge < -0.3 is 9.63 Å². The fourth-order valence-corrected chi connectivity index (χ4v) is 2.61. The quantitative estimate of drug-likeness (QED) is 0.928. The van der Waals surface area contributed by atoms with Gasteiger partial charge in [-0.2, -0.15) is 4.98 Å². The van der Waals surface area contributed by atoms with Crippen molar-refractivity contribution in [2.45, 2.75) is 19.4 Å². The number of carboxylic acids is 1. The molecule has 0 spiro atoms. The first-order valence-corrected chi connectivity index (χ1v) is 7.01. The van der Waals surface area contributed by atoms with E-state index in [-0.39, 0.29) is 12.0 Å². The number of benzene rings is 1. The second kappa shape index (κ2) is 5.65. The second-order valence-electron chi connectivity index (χ2n) is 5.32. The first-order valence-electron chi connectivity index (χ1n) is 7.01. The van der Waals surface area contributed by atoms with Crippen LogP contribution in [0.3, 0.4) is 0 Å². The first kappa shape index (κ1) is 13.8. The summed E-state index contributed by atoms with van der Waals surface area (Å²) in [6.07, 6.45) is 0.666. The Morgan fingerprint density at radius 1 is 1.43 bits per heavy atom. The Hall–Kier alpha value is -2.21. The number of rotatable bonds is 4. The van der Waals surface area contributed by atoms with Gasteiger partial charge in [0.25, 0.3) is 0 Å². The molecule has 0 amide bonds. The van der Waals surface area contributed by atoms with Crippen molar-refractivity contribution in [2.24, 2.45) is 5.92 Å². The molecule has 1 fully saturated rings. The molecule has 1 N–H and O–H groups in total. The van der Waals surface area contributed by atoms with Crippen LogP contribution in [0, 0.1) is 5.92 Å². The van der Waals surface area contributed by atoms with Crippen molar-refractivity contribution in [1.82, 2.24) is 15.0 Å². The Balaban J connectivity index is 1.73. The lowest BCUT2D eigenvalue weighted by Crippen LogP contribution is -2.26. The Labute approximate surface area is 122 Å². The Morgan fingerprint density at radius 3 is 2.86 bits per heavy atom. The van der Waals surface area contributed by atoms with Crippen molar-refractivity contribution in [1.29, 1.82) is 0 Å². The smallest absolute Gasteiger partial charge is 0.307 e. The summed E-state index contributed by atoms with van der Waals surface area (Å²) in [5.74, 6) is 0.0514. The summed E-state index contributed by atoms with van der Waals surface area (Å²) in [5, 5.41) is 13.1. The molecular formula is C15H17N3O3. The van der Waals surface area contributed by atoms with E-state index in [9.17, 15) is 4.79 Å². The number of hydrogen-bond donors (Lipinski definition) is 1. The van der Waals surface area contributed by atoms with Crippen molar-refractivity contribution in [3.63, 3.8) is 0 Å². The highest BCUT2D eigenvalue weighted by Gasteiger charge is 2.33. The number of hydrogen-bond acceptors (Lipinski definition) is 5. The van der Waals surface area contributed by atoms with Gasteiger partial charge >= 0.3 is 5.97 Å². The molecule has 1 aliphatic rings. The Kier molecular flexibility index (Phi) is 3.70. The lowest BCUT2D eigenvalue weighted by Gasteiger charge is -2.20. The zero-order valence-corrected chi connectivity index (χ0v) is 11.8. The van der Waals surface area contributed by atoms with Gasteiger partial charge in [0.15, 0.2) is 0 Å². The van der Waals surface area contributed by atoms with E-state index in [0.29, 0.717) is 24.7 Å². The lowest BCUT2D eigenvalue weighted by molar-refractivity contribution is -0.141. The lowest BCUT2D eigenvalue weighted by atomic mass is 10.1. The predicted molar refractivity (Wildman–Crippen MR) is 75.5 cm³/mol. The summed E-state index contributed by atoms with van der Waals surface area (Å²) >= 11 is 0. The molecule has 1 aliphatic heterocycles. The van der Waals surface area contributed by atoms with Crippen molar-refractivity contribution >= 4 is 5.97 Å². The minimum atomic E-state index is -0.736. The molecule has 1 saturated heterocycles. The molecule has 0 bridgehead atoms. The maximum absolute atomic E-state index is 11.0. The molecule has 110 valence electrons. The predicted octanol–water partition coefficient (Wildman–Crippen LogP) is 2.20. The maximum Gasteiger partial charge on any atom is 0.307 e. The van der Waals surface area contributed by atoms with Crippen LogP contribution in [0.25, 0.3) is 11.4 Å². The third kappa shape index (κ3) is 2.80. The largest absolute Gasteiger partial charge is 0.481 e. The molecular weight excluding hydrogens is 270 g/mol. The van der Waals surface area contributed by atoms with E-state index in [1.165, 1.54) is 0 Å². The summed E-state index contributed by atoms with van der Waals surface area (Å²) in [6, 6.07) is 9.56. The van der Waals surface area contributed by atoms with Crippen LogP contribution in [-0.4, -0.2) is 39.2 Å². The van der Waals surface area contributed by atoms with Crippen LogP contribution in [0.5, 0.6) is 0 Å². The second-order valence-corrected chi connectivity index (χ2v) is 5.32. The molecule has 2 heterocycles. The Bertz CT molecular complexity index is 626. The van der Waals surface area contributed by atoms with Crippen molar-refractivity contribution < 1.29 is 14.4 Å². The number of aliphatic carboxylic acids is 1. The van der Waals surface area contributed by atoms with Gasteiger partial charge in [0.1, 0.15) is 0 Å². The van der Waals surface area contributed by atoms with Gasteiger partial charge in [-0.05, 0) is 19.9 Å². The molecule has 6 nitrogen and oxygen atoms in total. The van der Waals surface area contributed by atoms with Gasteiger partial charge in [-0.25, -0.2) is 0 Å². The van der Waals surface area contributed by atoms with Gasteiger partial charge in [-0.3, -0.25) is 9.69 Å². The van der Waals surface area contributed by atoms with Crippen LogP contribution in [0.1, 0.15) is 25.3 Å². The van der Waals surface area contributed by atoms with Crippen LogP contribution >= 0.6 is 0 Å². The molecule has 6 heteroatoms. The zero-order valence-electron chi connectivity index (χ0n) is 11.8. The fourth-order valence-electron chi connectivity index (χ4n) is 2.61. The normalized spacial score (nSPS) is 20.5. The average Bonchev–Trinajstić information content (AvgIpc) is 3.17. The molecule has 2 unspecified atom stereocenters. The van der Waals surface area contributed by atoms with E-state index in [1.54, 1.807) is 0 Å². The van der Waals surface area contributed by atoms with Gasteiger partial charge in [0.2, 0.25) is 11.7 Å². The number of likely N-dealkylation sites (tertiary alicyclic amines) is 1. The molecule has 2 atom stereocenters. The molecule has 2 aromatic rings. The molecule has 3 rings (SSSR count). The first-order chi connectivity index (χ1) is 10.1.